The maximum absolute atomic E-state index is 6.16. The van der Waals surface area contributed by atoms with E-state index in [0.717, 1.165) is 16.9 Å². The lowest BCUT2D eigenvalue weighted by Gasteiger charge is -2.13. The monoisotopic (exact) mass is 357 g/mol. The molecule has 0 aliphatic carbocycles. The van der Waals surface area contributed by atoms with Crippen LogP contribution in [0, 0.1) is 34.6 Å². The molecule has 3 aromatic carbocycles. The fourth-order valence-electron chi connectivity index (χ4n) is 3.39. The Morgan fingerprint density at radius 1 is 0.778 bits per heavy atom. The molecule has 27 heavy (non-hydrogen) atoms. The second-order valence-corrected chi connectivity index (χ2v) is 7.14. The van der Waals surface area contributed by atoms with Crippen LogP contribution in [-0.2, 0) is 0 Å². The van der Waals surface area contributed by atoms with Crippen LogP contribution in [0.4, 0.5) is 11.4 Å². The largest absolute Gasteiger partial charge is 0.369 e. The maximum atomic E-state index is 6.16. The van der Waals surface area contributed by atoms with Gasteiger partial charge in [-0.15, -0.1) is 0 Å². The van der Waals surface area contributed by atoms with Gasteiger partial charge in [0.1, 0.15) is 0 Å². The number of anilines is 1. The molecule has 3 nitrogen and oxygen atoms in total. The van der Waals surface area contributed by atoms with Crippen molar-refractivity contribution in [2.24, 2.45) is 10.7 Å². The summed E-state index contributed by atoms with van der Waals surface area (Å²) in [5, 5.41) is 3.22. The standard InChI is InChI=1S/C24H27N3/c1-15-8-7-11-22(19(15)5)27-24(25)26-21-13-12-20(14-18(21)4)23-16(2)9-6-10-17(23)3/h6-14H,1-5H3,(H3,25,26,27). The van der Waals surface area contributed by atoms with Crippen molar-refractivity contribution in [1.29, 1.82) is 0 Å². The summed E-state index contributed by atoms with van der Waals surface area (Å²) >= 11 is 0. The zero-order valence-corrected chi connectivity index (χ0v) is 16.7. The minimum atomic E-state index is 0.395. The lowest BCUT2D eigenvalue weighted by atomic mass is 9.94. The van der Waals surface area contributed by atoms with Gasteiger partial charge in [-0.1, -0.05) is 36.4 Å². The van der Waals surface area contributed by atoms with E-state index >= 15 is 0 Å². The lowest BCUT2D eigenvalue weighted by Crippen LogP contribution is -2.22. The minimum absolute atomic E-state index is 0.395. The summed E-state index contributed by atoms with van der Waals surface area (Å²) in [6, 6.07) is 18.8. The van der Waals surface area contributed by atoms with Crippen molar-refractivity contribution in [3.63, 3.8) is 0 Å². The summed E-state index contributed by atoms with van der Waals surface area (Å²) in [7, 11) is 0. The van der Waals surface area contributed by atoms with E-state index in [2.05, 4.69) is 81.3 Å². The summed E-state index contributed by atoms with van der Waals surface area (Å²) in [6.45, 7) is 10.5. The highest BCUT2D eigenvalue weighted by molar-refractivity contribution is 5.95. The van der Waals surface area contributed by atoms with Crippen molar-refractivity contribution in [3.05, 3.63) is 82.4 Å². The van der Waals surface area contributed by atoms with Crippen molar-refractivity contribution in [2.75, 3.05) is 5.32 Å². The van der Waals surface area contributed by atoms with Gasteiger partial charge in [-0.05, 0) is 91.8 Å². The summed E-state index contributed by atoms with van der Waals surface area (Å²) in [5.74, 6) is 0.395. The number of nitrogens with zero attached hydrogens (tertiary/aromatic N) is 1. The minimum Gasteiger partial charge on any atom is -0.369 e. The molecule has 0 bridgehead atoms. The summed E-state index contributed by atoms with van der Waals surface area (Å²) in [5.41, 5.74) is 16.6. The average Bonchev–Trinajstić information content (AvgIpc) is 2.61. The summed E-state index contributed by atoms with van der Waals surface area (Å²) in [4.78, 5) is 4.59. The zero-order valence-electron chi connectivity index (χ0n) is 16.7. The Kier molecular flexibility index (Phi) is 5.31. The van der Waals surface area contributed by atoms with E-state index in [-0.39, 0.29) is 0 Å². The number of rotatable bonds is 3. The van der Waals surface area contributed by atoms with Crippen LogP contribution in [0.1, 0.15) is 27.8 Å². The van der Waals surface area contributed by atoms with Crippen molar-refractivity contribution in [3.8, 4) is 11.1 Å². The van der Waals surface area contributed by atoms with Crippen LogP contribution in [0.3, 0.4) is 0 Å². The molecule has 0 heterocycles. The van der Waals surface area contributed by atoms with Gasteiger partial charge in [0.05, 0.1) is 5.69 Å². The SMILES string of the molecule is Cc1cc(-c2c(C)cccc2C)ccc1N=C(N)Nc1cccc(C)c1C. The van der Waals surface area contributed by atoms with Gasteiger partial charge in [0, 0.05) is 5.69 Å². The Bertz CT molecular complexity index is 996. The van der Waals surface area contributed by atoms with E-state index in [1.165, 1.54) is 33.4 Å². The molecule has 3 rings (SSSR count). The van der Waals surface area contributed by atoms with E-state index in [9.17, 15) is 0 Å². The number of nitrogens with two attached hydrogens (primary N) is 1. The second kappa shape index (κ2) is 7.67. The predicted octanol–water partition coefficient (Wildman–Crippen LogP) is 5.95. The molecule has 0 aromatic heterocycles. The number of aryl methyl sites for hydroxylation is 4. The first kappa shape index (κ1) is 18.7. The van der Waals surface area contributed by atoms with Gasteiger partial charge in [-0.2, -0.15) is 0 Å². The topological polar surface area (TPSA) is 50.4 Å². The molecule has 138 valence electrons. The van der Waals surface area contributed by atoms with Crippen LogP contribution in [-0.4, -0.2) is 5.96 Å². The van der Waals surface area contributed by atoms with Crippen LogP contribution in [0.15, 0.2) is 59.6 Å². The first-order valence-corrected chi connectivity index (χ1v) is 9.21. The second-order valence-electron chi connectivity index (χ2n) is 7.14. The summed E-state index contributed by atoms with van der Waals surface area (Å²) < 4.78 is 0. The molecule has 0 saturated carbocycles. The number of hydrogen-bond acceptors (Lipinski definition) is 1. The van der Waals surface area contributed by atoms with Gasteiger partial charge in [-0.25, -0.2) is 4.99 Å². The average molecular weight is 358 g/mol. The molecule has 0 radical (unpaired) electrons. The Morgan fingerprint density at radius 3 is 2.07 bits per heavy atom. The van der Waals surface area contributed by atoms with Gasteiger partial charge >= 0.3 is 0 Å². The Hall–Kier alpha value is -3.07. The third kappa shape index (κ3) is 4.03. The number of benzene rings is 3. The Morgan fingerprint density at radius 2 is 1.41 bits per heavy atom. The molecule has 0 unspecified atom stereocenters. The molecule has 0 aliphatic heterocycles. The van der Waals surface area contributed by atoms with Gasteiger partial charge in [0.2, 0.25) is 0 Å². The molecule has 0 saturated heterocycles. The van der Waals surface area contributed by atoms with Gasteiger partial charge < -0.3 is 11.1 Å². The third-order valence-electron chi connectivity index (χ3n) is 5.07. The molecule has 3 N–H and O–H groups in total. The maximum Gasteiger partial charge on any atom is 0.198 e. The van der Waals surface area contributed by atoms with Gasteiger partial charge in [0.15, 0.2) is 5.96 Å². The van der Waals surface area contributed by atoms with Crippen molar-refractivity contribution >= 4 is 17.3 Å². The fraction of sp³-hybridized carbons (Fsp3) is 0.208. The smallest absolute Gasteiger partial charge is 0.198 e. The predicted molar refractivity (Wildman–Crippen MR) is 117 cm³/mol. The Balaban J connectivity index is 1.90. The van der Waals surface area contributed by atoms with Crippen LogP contribution in [0.5, 0.6) is 0 Å². The van der Waals surface area contributed by atoms with Gasteiger partial charge in [-0.3, -0.25) is 0 Å². The fourth-order valence-corrected chi connectivity index (χ4v) is 3.39. The summed E-state index contributed by atoms with van der Waals surface area (Å²) in [6.07, 6.45) is 0. The van der Waals surface area contributed by atoms with Crippen LogP contribution < -0.4 is 11.1 Å². The van der Waals surface area contributed by atoms with Crippen LogP contribution in [0.2, 0.25) is 0 Å². The number of nitrogens with one attached hydrogen (secondary N) is 1. The molecule has 0 fully saturated rings. The molecule has 0 amide bonds. The van der Waals surface area contributed by atoms with Crippen LogP contribution in [0.25, 0.3) is 11.1 Å². The zero-order chi connectivity index (χ0) is 19.6. The molecule has 3 heteroatoms. The highest BCUT2D eigenvalue weighted by Crippen LogP contribution is 2.31. The van der Waals surface area contributed by atoms with Gasteiger partial charge in [0.25, 0.3) is 0 Å². The first-order valence-electron chi connectivity index (χ1n) is 9.21. The molecule has 0 spiro atoms. The number of guanidine groups is 1. The normalized spacial score (nSPS) is 11.5. The molecule has 3 aromatic rings. The van der Waals surface area contributed by atoms with E-state index in [0.29, 0.717) is 5.96 Å². The number of hydrogen-bond donors (Lipinski definition) is 2. The van der Waals surface area contributed by atoms with Crippen molar-refractivity contribution < 1.29 is 0 Å². The van der Waals surface area contributed by atoms with E-state index in [4.69, 9.17) is 5.73 Å². The third-order valence-corrected chi connectivity index (χ3v) is 5.07. The van der Waals surface area contributed by atoms with Crippen LogP contribution >= 0.6 is 0 Å². The molecule has 0 atom stereocenters. The molecular weight excluding hydrogens is 330 g/mol. The van der Waals surface area contributed by atoms with E-state index < -0.39 is 0 Å². The molecular formula is C24H27N3. The first-order chi connectivity index (χ1) is 12.9. The Labute approximate surface area is 162 Å². The van der Waals surface area contributed by atoms with E-state index in [1.807, 2.05) is 18.2 Å². The lowest BCUT2D eigenvalue weighted by molar-refractivity contribution is 1.32. The van der Waals surface area contributed by atoms with E-state index in [1.54, 1.807) is 0 Å². The quantitative estimate of drug-likeness (QED) is 0.449. The molecule has 0 aliphatic rings. The van der Waals surface area contributed by atoms with Crippen molar-refractivity contribution in [1.82, 2.24) is 0 Å². The van der Waals surface area contributed by atoms with Crippen molar-refractivity contribution in [2.45, 2.75) is 34.6 Å². The number of aliphatic imine (C=N–C) groups is 1. The highest BCUT2D eigenvalue weighted by Gasteiger charge is 2.08. The highest BCUT2D eigenvalue weighted by atomic mass is 15.1.